The molecule has 16 heavy (non-hydrogen) atoms. The first-order valence-corrected chi connectivity index (χ1v) is 4.89. The van der Waals surface area contributed by atoms with E-state index in [0.29, 0.717) is 15.9 Å². The number of nitrogens with two attached hydrogens (primary N) is 1. The molecule has 1 heterocycles. The van der Waals surface area contributed by atoms with Crippen LogP contribution in [-0.4, -0.2) is 15.5 Å². The van der Waals surface area contributed by atoms with Crippen molar-refractivity contribution in [2.45, 2.75) is 6.54 Å². The molecule has 1 aromatic carbocycles. The second-order valence-electron chi connectivity index (χ2n) is 3.31. The molecule has 0 bridgehead atoms. The summed E-state index contributed by atoms with van der Waals surface area (Å²) in [6.45, 7) is -0.186. The molecule has 1 amide bonds. The van der Waals surface area contributed by atoms with Crippen molar-refractivity contribution in [2.24, 2.45) is 5.73 Å². The number of halogens is 1. The number of primary amides is 1. The Labute approximate surface area is 95.5 Å². The number of carbonyl (C=O) groups is 1. The molecule has 0 unspecified atom stereocenters. The summed E-state index contributed by atoms with van der Waals surface area (Å²) in [7, 11) is 0. The second-order valence-corrected chi connectivity index (χ2v) is 3.74. The molecule has 1 aromatic heterocycles. The molecule has 0 spiro atoms. The predicted molar refractivity (Wildman–Crippen MR) is 60.2 cm³/mol. The monoisotopic (exact) mass is 237 g/mol. The average molecular weight is 238 g/mol. The van der Waals surface area contributed by atoms with Gasteiger partial charge in [-0.3, -0.25) is 14.2 Å². The molecular weight excluding hydrogens is 230 g/mol. The first-order valence-electron chi connectivity index (χ1n) is 4.51. The van der Waals surface area contributed by atoms with Gasteiger partial charge < -0.3 is 5.73 Å². The van der Waals surface area contributed by atoms with Crippen LogP contribution in [0.3, 0.4) is 0 Å². The molecule has 0 fully saturated rings. The topological polar surface area (TPSA) is 78.0 Å². The zero-order valence-corrected chi connectivity index (χ0v) is 8.94. The summed E-state index contributed by atoms with van der Waals surface area (Å²) in [4.78, 5) is 26.6. The number of benzene rings is 1. The van der Waals surface area contributed by atoms with Crippen LogP contribution in [0.1, 0.15) is 0 Å². The molecule has 0 aliphatic rings. The number of hydrogen-bond donors (Lipinski definition) is 1. The fourth-order valence-corrected chi connectivity index (χ4v) is 1.58. The summed E-state index contributed by atoms with van der Waals surface area (Å²) in [5, 5.41) is 0.819. The quantitative estimate of drug-likeness (QED) is 0.828. The lowest BCUT2D eigenvalue weighted by Gasteiger charge is -2.03. The van der Waals surface area contributed by atoms with Crippen molar-refractivity contribution in [1.82, 2.24) is 9.55 Å². The van der Waals surface area contributed by atoms with E-state index in [9.17, 15) is 9.59 Å². The molecule has 2 N–H and O–H groups in total. The van der Waals surface area contributed by atoms with Gasteiger partial charge in [-0.1, -0.05) is 11.6 Å². The highest BCUT2D eigenvalue weighted by Gasteiger charge is 2.06. The van der Waals surface area contributed by atoms with Crippen molar-refractivity contribution in [1.29, 1.82) is 0 Å². The lowest BCUT2D eigenvalue weighted by atomic mass is 10.2. The van der Waals surface area contributed by atoms with E-state index in [1.54, 1.807) is 12.1 Å². The van der Waals surface area contributed by atoms with Crippen LogP contribution in [0.25, 0.3) is 10.9 Å². The lowest BCUT2D eigenvalue weighted by molar-refractivity contribution is -0.118. The maximum absolute atomic E-state index is 11.9. The van der Waals surface area contributed by atoms with Crippen molar-refractivity contribution in [3.63, 3.8) is 0 Å². The number of amides is 1. The fourth-order valence-electron chi connectivity index (χ4n) is 1.41. The molecule has 0 radical (unpaired) electrons. The zero-order chi connectivity index (χ0) is 11.7. The van der Waals surface area contributed by atoms with E-state index in [4.69, 9.17) is 17.3 Å². The van der Waals surface area contributed by atoms with Crippen LogP contribution in [0.5, 0.6) is 0 Å². The summed E-state index contributed by atoms with van der Waals surface area (Å²) >= 11 is 5.78. The third-order valence-electron chi connectivity index (χ3n) is 2.11. The van der Waals surface area contributed by atoms with Crippen LogP contribution in [0.4, 0.5) is 0 Å². The van der Waals surface area contributed by atoms with Crippen LogP contribution < -0.4 is 11.3 Å². The number of fused-ring (bicyclic) bond motifs is 1. The normalized spacial score (nSPS) is 10.6. The van der Waals surface area contributed by atoms with Gasteiger partial charge in [-0.2, -0.15) is 0 Å². The maximum atomic E-state index is 11.9. The molecule has 2 rings (SSSR count). The average Bonchev–Trinajstić information content (AvgIpc) is 2.22. The molecule has 2 aromatic rings. The minimum absolute atomic E-state index is 0.186. The Morgan fingerprint density at radius 2 is 2.25 bits per heavy atom. The van der Waals surface area contributed by atoms with Gasteiger partial charge in [0.15, 0.2) is 0 Å². The number of rotatable bonds is 2. The van der Waals surface area contributed by atoms with Gasteiger partial charge in [0.1, 0.15) is 6.54 Å². The van der Waals surface area contributed by atoms with Crippen LogP contribution in [0.2, 0.25) is 5.02 Å². The van der Waals surface area contributed by atoms with Crippen molar-refractivity contribution in [3.05, 3.63) is 39.9 Å². The van der Waals surface area contributed by atoms with E-state index in [1.807, 2.05) is 0 Å². The third-order valence-corrected chi connectivity index (χ3v) is 2.35. The number of carbonyl (C=O) groups excluding carboxylic acids is 1. The van der Waals surface area contributed by atoms with Crippen LogP contribution >= 0.6 is 11.6 Å². The van der Waals surface area contributed by atoms with Crippen molar-refractivity contribution >= 4 is 28.4 Å². The van der Waals surface area contributed by atoms with Gasteiger partial charge in [0.05, 0.1) is 17.2 Å². The third kappa shape index (κ3) is 1.90. The highest BCUT2D eigenvalue weighted by molar-refractivity contribution is 6.31. The van der Waals surface area contributed by atoms with E-state index < -0.39 is 5.91 Å². The summed E-state index contributed by atoms with van der Waals surface area (Å²) in [6, 6.07) is 4.81. The van der Waals surface area contributed by atoms with Crippen LogP contribution in [0.15, 0.2) is 29.3 Å². The highest BCUT2D eigenvalue weighted by atomic mass is 35.5. The van der Waals surface area contributed by atoms with Crippen LogP contribution in [0, 0.1) is 0 Å². The van der Waals surface area contributed by atoms with Crippen molar-refractivity contribution in [3.8, 4) is 0 Å². The fraction of sp³-hybridized carbons (Fsp3) is 0.100. The molecular formula is C10H8ClN3O2. The Balaban J connectivity index is 2.68. The predicted octanol–water partition coefficient (Wildman–Crippen LogP) is 0.535. The Kier molecular flexibility index (Phi) is 2.62. The Bertz CT molecular complexity index is 621. The highest BCUT2D eigenvalue weighted by Crippen LogP contribution is 2.13. The minimum Gasteiger partial charge on any atom is -0.368 e. The van der Waals surface area contributed by atoms with Gasteiger partial charge in [-0.05, 0) is 18.2 Å². The number of aromatic nitrogens is 2. The molecule has 0 saturated heterocycles. The van der Waals surface area contributed by atoms with E-state index >= 15 is 0 Å². The number of hydrogen-bond acceptors (Lipinski definition) is 3. The minimum atomic E-state index is -0.592. The number of nitrogens with zero attached hydrogens (tertiary/aromatic N) is 2. The largest absolute Gasteiger partial charge is 0.368 e. The molecule has 82 valence electrons. The van der Waals surface area contributed by atoms with E-state index in [2.05, 4.69) is 4.98 Å². The van der Waals surface area contributed by atoms with E-state index in [0.717, 1.165) is 4.57 Å². The summed E-state index contributed by atoms with van der Waals surface area (Å²) in [6.07, 6.45) is 1.29. The summed E-state index contributed by atoms with van der Waals surface area (Å²) in [5.74, 6) is -0.592. The lowest BCUT2D eigenvalue weighted by Crippen LogP contribution is -2.28. The van der Waals surface area contributed by atoms with Gasteiger partial charge in [-0.15, -0.1) is 0 Å². The van der Waals surface area contributed by atoms with Gasteiger partial charge in [0.2, 0.25) is 5.91 Å². The zero-order valence-electron chi connectivity index (χ0n) is 8.18. The van der Waals surface area contributed by atoms with E-state index in [-0.39, 0.29) is 12.1 Å². The second kappa shape index (κ2) is 3.94. The molecule has 0 saturated carbocycles. The molecule has 6 heteroatoms. The SMILES string of the molecule is NC(=O)Cn1cnc2ccc(Cl)cc2c1=O. The van der Waals surface area contributed by atoms with Crippen molar-refractivity contribution in [2.75, 3.05) is 0 Å². The molecule has 0 atom stereocenters. The Morgan fingerprint density at radius 3 is 2.94 bits per heavy atom. The first kappa shape index (κ1) is 10.6. The van der Waals surface area contributed by atoms with Gasteiger partial charge >= 0.3 is 0 Å². The summed E-state index contributed by atoms with van der Waals surface area (Å²) < 4.78 is 1.15. The van der Waals surface area contributed by atoms with Gasteiger partial charge in [-0.25, -0.2) is 4.98 Å². The van der Waals surface area contributed by atoms with Gasteiger partial charge in [0, 0.05) is 5.02 Å². The Hall–Kier alpha value is -1.88. The standard InChI is InChI=1S/C10H8ClN3O2/c11-6-1-2-8-7(3-6)10(16)14(5-13-8)4-9(12)15/h1-3,5H,4H2,(H2,12,15). The summed E-state index contributed by atoms with van der Waals surface area (Å²) in [5.41, 5.74) is 5.22. The maximum Gasteiger partial charge on any atom is 0.261 e. The van der Waals surface area contributed by atoms with Crippen molar-refractivity contribution < 1.29 is 4.79 Å². The molecule has 0 aliphatic heterocycles. The van der Waals surface area contributed by atoms with Gasteiger partial charge in [0.25, 0.3) is 5.56 Å². The molecule has 5 nitrogen and oxygen atoms in total. The van der Waals surface area contributed by atoms with Crippen LogP contribution in [-0.2, 0) is 11.3 Å². The Morgan fingerprint density at radius 1 is 1.50 bits per heavy atom. The smallest absolute Gasteiger partial charge is 0.261 e. The first-order chi connectivity index (χ1) is 7.58. The molecule has 0 aliphatic carbocycles. The van der Waals surface area contributed by atoms with E-state index in [1.165, 1.54) is 12.4 Å².